The monoisotopic (exact) mass is 430 g/mol. The highest BCUT2D eigenvalue weighted by atomic mass is 32.1. The normalized spacial score (nSPS) is 15.7. The van der Waals surface area contributed by atoms with E-state index in [9.17, 15) is 14.0 Å². The molecule has 2 amide bonds. The lowest BCUT2D eigenvalue weighted by atomic mass is 9.93. The molecule has 6 heteroatoms. The van der Waals surface area contributed by atoms with Crippen molar-refractivity contribution in [2.75, 3.05) is 19.6 Å². The van der Waals surface area contributed by atoms with Gasteiger partial charge >= 0.3 is 0 Å². The van der Waals surface area contributed by atoms with Gasteiger partial charge in [0, 0.05) is 24.4 Å². The van der Waals surface area contributed by atoms with Gasteiger partial charge in [-0.25, -0.2) is 4.39 Å². The smallest absolute Gasteiger partial charge is 0.242 e. The molecule has 1 aliphatic heterocycles. The second-order valence-corrected chi connectivity index (χ2v) is 8.86. The molecule has 30 heavy (non-hydrogen) atoms. The van der Waals surface area contributed by atoms with Gasteiger partial charge in [-0.2, -0.15) is 0 Å². The Morgan fingerprint density at radius 2 is 1.90 bits per heavy atom. The molecule has 2 heterocycles. The molecule has 1 atom stereocenters. The Hall–Kier alpha value is -2.21. The summed E-state index contributed by atoms with van der Waals surface area (Å²) in [5, 5.41) is 2.05. The van der Waals surface area contributed by atoms with Crippen molar-refractivity contribution in [2.45, 2.75) is 58.4 Å². The first-order chi connectivity index (χ1) is 14.5. The third kappa shape index (κ3) is 5.28. The van der Waals surface area contributed by atoms with E-state index in [4.69, 9.17) is 0 Å². The van der Waals surface area contributed by atoms with Crippen LogP contribution in [0.3, 0.4) is 0 Å². The quantitative estimate of drug-likeness (QED) is 0.514. The van der Waals surface area contributed by atoms with Crippen LogP contribution in [-0.4, -0.2) is 41.2 Å². The van der Waals surface area contributed by atoms with E-state index < -0.39 is 0 Å². The fourth-order valence-electron chi connectivity index (χ4n) is 4.09. The molecule has 0 unspecified atom stereocenters. The molecule has 0 saturated heterocycles. The fraction of sp³-hybridized carbons (Fsp3) is 0.500. The number of hydrogen-bond acceptors (Lipinski definition) is 3. The van der Waals surface area contributed by atoms with Crippen LogP contribution in [0.5, 0.6) is 0 Å². The predicted octanol–water partition coefficient (Wildman–Crippen LogP) is 5.18. The van der Waals surface area contributed by atoms with Crippen LogP contribution in [0.1, 0.15) is 68.0 Å². The van der Waals surface area contributed by atoms with Crippen LogP contribution in [0.25, 0.3) is 0 Å². The molecular formula is C24H31FN2O2S. The van der Waals surface area contributed by atoms with Crippen molar-refractivity contribution in [3.8, 4) is 0 Å². The van der Waals surface area contributed by atoms with E-state index in [0.717, 1.165) is 43.2 Å². The van der Waals surface area contributed by atoms with Crippen molar-refractivity contribution < 1.29 is 14.0 Å². The minimum absolute atomic E-state index is 0.0431. The number of thiophene rings is 1. The van der Waals surface area contributed by atoms with Gasteiger partial charge in [0.1, 0.15) is 5.82 Å². The van der Waals surface area contributed by atoms with Gasteiger partial charge in [-0.05, 0) is 54.0 Å². The average molecular weight is 431 g/mol. The first kappa shape index (κ1) is 22.5. The Morgan fingerprint density at radius 3 is 2.60 bits per heavy atom. The number of nitrogens with zero attached hydrogens (tertiary/aromatic N) is 2. The maximum atomic E-state index is 13.5. The topological polar surface area (TPSA) is 40.6 Å². The fourth-order valence-corrected chi connectivity index (χ4v) is 4.99. The zero-order chi connectivity index (χ0) is 21.5. The van der Waals surface area contributed by atoms with Gasteiger partial charge in [-0.3, -0.25) is 9.59 Å². The Labute approximate surface area is 182 Å². The van der Waals surface area contributed by atoms with E-state index in [1.165, 1.54) is 17.0 Å². The molecular weight excluding hydrogens is 399 g/mol. The summed E-state index contributed by atoms with van der Waals surface area (Å²) in [5.41, 5.74) is 2.02. The van der Waals surface area contributed by atoms with Gasteiger partial charge < -0.3 is 9.80 Å². The average Bonchev–Trinajstić information content (AvgIpc) is 3.22. The Kier molecular flexibility index (Phi) is 8.02. The molecule has 0 saturated carbocycles. The minimum Gasteiger partial charge on any atom is -0.333 e. The molecule has 0 N–H and O–H groups in total. The number of benzene rings is 1. The van der Waals surface area contributed by atoms with Crippen LogP contribution >= 0.6 is 11.3 Å². The summed E-state index contributed by atoms with van der Waals surface area (Å²) in [5.74, 6) is -0.270. The number of hydrogen-bond donors (Lipinski definition) is 0. The standard InChI is InChI=1S/C24H31FN2O2S/c1-3-5-6-7-22(28)26(14-4-2)17-23(29)27-15-12-21-20(13-16-30-21)24(27)18-8-10-19(25)11-9-18/h8-11,13,16,24H,3-7,12,14-15,17H2,1-2H3/t24-/m0/s1. The van der Waals surface area contributed by atoms with Crippen molar-refractivity contribution in [3.05, 3.63) is 57.5 Å². The van der Waals surface area contributed by atoms with Crippen molar-refractivity contribution in [1.82, 2.24) is 9.80 Å². The van der Waals surface area contributed by atoms with Gasteiger partial charge in [0.05, 0.1) is 12.6 Å². The van der Waals surface area contributed by atoms with Crippen LogP contribution in [0, 0.1) is 5.82 Å². The molecule has 0 bridgehead atoms. The highest BCUT2D eigenvalue weighted by Crippen LogP contribution is 2.37. The van der Waals surface area contributed by atoms with Crippen LogP contribution in [0.4, 0.5) is 4.39 Å². The van der Waals surface area contributed by atoms with Gasteiger partial charge in [0.25, 0.3) is 0 Å². The van der Waals surface area contributed by atoms with E-state index in [-0.39, 0.29) is 30.2 Å². The molecule has 0 spiro atoms. The number of rotatable bonds is 9. The first-order valence-electron chi connectivity index (χ1n) is 10.9. The number of unbranched alkanes of at least 4 members (excludes halogenated alkanes) is 2. The molecule has 4 nitrogen and oxygen atoms in total. The zero-order valence-electron chi connectivity index (χ0n) is 17.9. The zero-order valence-corrected chi connectivity index (χ0v) is 18.7. The number of carbonyl (C=O) groups is 2. The highest BCUT2D eigenvalue weighted by Gasteiger charge is 2.33. The first-order valence-corrected chi connectivity index (χ1v) is 11.8. The molecule has 3 rings (SSSR count). The van der Waals surface area contributed by atoms with E-state index >= 15 is 0 Å². The molecule has 162 valence electrons. The van der Waals surface area contributed by atoms with Crippen LogP contribution in [0.15, 0.2) is 35.7 Å². The van der Waals surface area contributed by atoms with E-state index in [1.807, 2.05) is 11.8 Å². The van der Waals surface area contributed by atoms with Crippen molar-refractivity contribution in [2.24, 2.45) is 0 Å². The Bertz CT molecular complexity index is 849. The van der Waals surface area contributed by atoms with Gasteiger partial charge in [-0.15, -0.1) is 11.3 Å². The van der Waals surface area contributed by atoms with E-state index in [0.29, 0.717) is 19.5 Å². The second kappa shape index (κ2) is 10.7. The number of carbonyl (C=O) groups excluding carboxylic acids is 2. The van der Waals surface area contributed by atoms with E-state index in [1.54, 1.807) is 28.4 Å². The summed E-state index contributed by atoms with van der Waals surface area (Å²) in [7, 11) is 0. The summed E-state index contributed by atoms with van der Waals surface area (Å²) in [6.07, 6.45) is 5.09. The van der Waals surface area contributed by atoms with E-state index in [2.05, 4.69) is 18.4 Å². The molecule has 1 aromatic carbocycles. The number of halogens is 1. The van der Waals surface area contributed by atoms with Gasteiger partial charge in [0.2, 0.25) is 11.8 Å². The SMILES string of the molecule is CCCCCC(=O)N(CCC)CC(=O)N1CCc2sccc2[C@@H]1c1ccc(F)cc1. The van der Waals surface area contributed by atoms with Crippen LogP contribution in [0.2, 0.25) is 0 Å². The van der Waals surface area contributed by atoms with Gasteiger partial charge in [-0.1, -0.05) is 38.8 Å². The predicted molar refractivity (Wildman–Crippen MR) is 119 cm³/mol. The summed E-state index contributed by atoms with van der Waals surface area (Å²) in [4.78, 5) is 30.9. The largest absolute Gasteiger partial charge is 0.333 e. The van der Waals surface area contributed by atoms with Crippen LogP contribution in [-0.2, 0) is 16.0 Å². The lowest BCUT2D eigenvalue weighted by molar-refractivity contribution is -0.141. The van der Waals surface area contributed by atoms with Gasteiger partial charge in [0.15, 0.2) is 0 Å². The summed E-state index contributed by atoms with van der Waals surface area (Å²) in [6, 6.07) is 8.23. The lowest BCUT2D eigenvalue weighted by Gasteiger charge is -2.37. The Morgan fingerprint density at radius 1 is 1.13 bits per heavy atom. The van der Waals surface area contributed by atoms with Crippen molar-refractivity contribution in [1.29, 1.82) is 0 Å². The molecule has 0 aliphatic carbocycles. The number of fused-ring (bicyclic) bond motifs is 1. The molecule has 0 fully saturated rings. The Balaban J connectivity index is 1.80. The summed E-state index contributed by atoms with van der Waals surface area (Å²) >= 11 is 1.70. The maximum absolute atomic E-state index is 13.5. The lowest BCUT2D eigenvalue weighted by Crippen LogP contribution is -2.47. The molecule has 1 aliphatic rings. The number of amides is 2. The third-order valence-corrected chi connectivity index (χ3v) is 6.64. The minimum atomic E-state index is -0.287. The molecule has 1 aromatic heterocycles. The van der Waals surface area contributed by atoms with Crippen LogP contribution < -0.4 is 0 Å². The second-order valence-electron chi connectivity index (χ2n) is 7.86. The highest BCUT2D eigenvalue weighted by molar-refractivity contribution is 7.10. The van der Waals surface area contributed by atoms with Crippen molar-refractivity contribution in [3.63, 3.8) is 0 Å². The summed E-state index contributed by atoms with van der Waals surface area (Å²) in [6.45, 7) is 5.45. The molecule has 2 aromatic rings. The third-order valence-electron chi connectivity index (χ3n) is 5.64. The maximum Gasteiger partial charge on any atom is 0.242 e. The summed E-state index contributed by atoms with van der Waals surface area (Å²) < 4.78 is 13.5. The van der Waals surface area contributed by atoms with Crippen molar-refractivity contribution >= 4 is 23.2 Å². The molecule has 0 radical (unpaired) electrons.